The molecule has 27 heavy (non-hydrogen) atoms. The third-order valence-electron chi connectivity index (χ3n) is 3.58. The van der Waals surface area contributed by atoms with Crippen molar-refractivity contribution in [1.82, 2.24) is 5.32 Å². The van der Waals surface area contributed by atoms with Gasteiger partial charge in [-0.05, 0) is 23.8 Å². The predicted molar refractivity (Wildman–Crippen MR) is 100 cm³/mol. The van der Waals surface area contributed by atoms with E-state index in [2.05, 4.69) is 17.2 Å². The van der Waals surface area contributed by atoms with Gasteiger partial charge in [0.25, 0.3) is 0 Å². The molecule has 0 saturated carbocycles. The van der Waals surface area contributed by atoms with Crippen molar-refractivity contribution in [3.63, 3.8) is 0 Å². The lowest BCUT2D eigenvalue weighted by molar-refractivity contribution is 0.0600. The second kappa shape index (κ2) is 10.5. The Labute approximate surface area is 158 Å². The SMILES string of the molecule is COC(=O)c1ccc(OC)c(C#CCCNC(=O)OCc2ccccc2)c1. The highest BCUT2D eigenvalue weighted by Crippen LogP contribution is 2.19. The third kappa shape index (κ3) is 6.40. The predicted octanol–water partition coefficient (Wildman–Crippen LogP) is 3.15. The molecule has 1 N–H and O–H groups in total. The maximum Gasteiger partial charge on any atom is 0.407 e. The van der Waals surface area contributed by atoms with Crippen LogP contribution >= 0.6 is 0 Å². The van der Waals surface area contributed by atoms with Crippen molar-refractivity contribution in [2.45, 2.75) is 13.0 Å². The maximum absolute atomic E-state index is 11.6. The molecule has 2 aromatic rings. The summed E-state index contributed by atoms with van der Waals surface area (Å²) in [6.45, 7) is 0.565. The van der Waals surface area contributed by atoms with Crippen LogP contribution in [-0.4, -0.2) is 32.8 Å². The Bertz CT molecular complexity index is 837. The lowest BCUT2D eigenvalue weighted by atomic mass is 10.1. The van der Waals surface area contributed by atoms with E-state index < -0.39 is 12.1 Å². The molecule has 6 heteroatoms. The zero-order valence-corrected chi connectivity index (χ0v) is 15.3. The fraction of sp³-hybridized carbons (Fsp3) is 0.238. The Morgan fingerprint density at radius 1 is 1.07 bits per heavy atom. The quantitative estimate of drug-likeness (QED) is 0.482. The fourth-order valence-corrected chi connectivity index (χ4v) is 2.21. The number of nitrogens with one attached hydrogen (secondary N) is 1. The number of methoxy groups -OCH3 is 2. The molecule has 0 aliphatic heterocycles. The molecule has 1 amide bonds. The Kier molecular flexibility index (Phi) is 7.73. The summed E-state index contributed by atoms with van der Waals surface area (Å²) in [4.78, 5) is 23.3. The summed E-state index contributed by atoms with van der Waals surface area (Å²) in [6, 6.07) is 14.3. The number of benzene rings is 2. The number of carbonyl (C=O) groups excluding carboxylic acids is 2. The molecule has 6 nitrogen and oxygen atoms in total. The summed E-state index contributed by atoms with van der Waals surface area (Å²) in [5, 5.41) is 2.64. The second-order valence-corrected chi connectivity index (χ2v) is 5.45. The standard InChI is InChI=1S/C21H21NO5/c1-25-19-12-11-18(20(23)26-2)14-17(19)10-6-7-13-22-21(24)27-15-16-8-4-3-5-9-16/h3-5,8-9,11-12,14H,7,13,15H2,1-2H3,(H,22,24). The fourth-order valence-electron chi connectivity index (χ4n) is 2.21. The topological polar surface area (TPSA) is 73.9 Å². The van der Waals surface area contributed by atoms with Crippen molar-refractivity contribution in [2.75, 3.05) is 20.8 Å². The molecule has 2 aromatic carbocycles. The first-order chi connectivity index (χ1) is 13.1. The highest BCUT2D eigenvalue weighted by atomic mass is 16.5. The lowest BCUT2D eigenvalue weighted by Crippen LogP contribution is -2.24. The molecular formula is C21H21NO5. The van der Waals surface area contributed by atoms with Crippen LogP contribution in [0.25, 0.3) is 0 Å². The summed E-state index contributed by atoms with van der Waals surface area (Å²) >= 11 is 0. The first-order valence-electron chi connectivity index (χ1n) is 8.34. The molecule has 0 saturated heterocycles. The Morgan fingerprint density at radius 3 is 2.56 bits per heavy atom. The van der Waals surface area contributed by atoms with Gasteiger partial charge in [0.1, 0.15) is 12.4 Å². The van der Waals surface area contributed by atoms with Gasteiger partial charge in [-0.3, -0.25) is 0 Å². The van der Waals surface area contributed by atoms with Gasteiger partial charge in [0, 0.05) is 13.0 Å². The van der Waals surface area contributed by atoms with Crippen LogP contribution in [0.1, 0.15) is 27.9 Å². The van der Waals surface area contributed by atoms with Crippen molar-refractivity contribution in [3.8, 4) is 17.6 Å². The van der Waals surface area contributed by atoms with Gasteiger partial charge in [-0.15, -0.1) is 0 Å². The number of esters is 1. The lowest BCUT2D eigenvalue weighted by Gasteiger charge is -2.06. The van der Waals surface area contributed by atoms with E-state index in [1.807, 2.05) is 30.3 Å². The smallest absolute Gasteiger partial charge is 0.407 e. The van der Waals surface area contributed by atoms with Crippen LogP contribution in [0, 0.1) is 11.8 Å². The minimum Gasteiger partial charge on any atom is -0.495 e. The summed E-state index contributed by atoms with van der Waals surface area (Å²) < 4.78 is 15.1. The van der Waals surface area contributed by atoms with Gasteiger partial charge in [0.05, 0.1) is 25.3 Å². The second-order valence-electron chi connectivity index (χ2n) is 5.45. The average Bonchev–Trinajstić information content (AvgIpc) is 2.72. The van der Waals surface area contributed by atoms with Gasteiger partial charge >= 0.3 is 12.1 Å². The molecule has 0 heterocycles. The highest BCUT2D eigenvalue weighted by Gasteiger charge is 2.09. The average molecular weight is 367 g/mol. The monoisotopic (exact) mass is 367 g/mol. The number of alkyl carbamates (subject to hydrolysis) is 1. The van der Waals surface area contributed by atoms with E-state index in [1.165, 1.54) is 14.2 Å². The van der Waals surface area contributed by atoms with Crippen molar-refractivity contribution in [2.24, 2.45) is 0 Å². The Hall–Kier alpha value is -3.46. The molecule has 0 aliphatic rings. The van der Waals surface area contributed by atoms with Crippen LogP contribution in [0.15, 0.2) is 48.5 Å². The molecule has 0 bridgehead atoms. The van der Waals surface area contributed by atoms with Crippen LogP contribution < -0.4 is 10.1 Å². The largest absolute Gasteiger partial charge is 0.495 e. The van der Waals surface area contributed by atoms with Crippen molar-refractivity contribution in [3.05, 3.63) is 65.2 Å². The normalized spacial score (nSPS) is 9.56. The maximum atomic E-state index is 11.6. The first-order valence-corrected chi connectivity index (χ1v) is 8.34. The van der Waals surface area contributed by atoms with Crippen LogP contribution in [0.2, 0.25) is 0 Å². The van der Waals surface area contributed by atoms with E-state index in [0.29, 0.717) is 29.8 Å². The van der Waals surface area contributed by atoms with E-state index in [9.17, 15) is 9.59 Å². The van der Waals surface area contributed by atoms with Crippen LogP contribution in [0.5, 0.6) is 5.75 Å². The molecule has 0 spiro atoms. The number of carbonyl (C=O) groups is 2. The number of amides is 1. The van der Waals surface area contributed by atoms with E-state index in [0.717, 1.165) is 5.56 Å². The zero-order valence-electron chi connectivity index (χ0n) is 15.3. The summed E-state index contributed by atoms with van der Waals surface area (Å²) in [5.74, 6) is 6.00. The molecule has 2 rings (SSSR count). The van der Waals surface area contributed by atoms with Crippen molar-refractivity contribution >= 4 is 12.1 Å². The van der Waals surface area contributed by atoms with Crippen molar-refractivity contribution in [1.29, 1.82) is 0 Å². The van der Waals surface area contributed by atoms with E-state index in [4.69, 9.17) is 14.2 Å². The molecule has 0 radical (unpaired) electrons. The van der Waals surface area contributed by atoms with Crippen molar-refractivity contribution < 1.29 is 23.8 Å². The van der Waals surface area contributed by atoms with Crippen LogP contribution in [-0.2, 0) is 16.1 Å². The van der Waals surface area contributed by atoms with Gasteiger partial charge < -0.3 is 19.5 Å². The molecule has 0 aromatic heterocycles. The van der Waals surface area contributed by atoms with E-state index in [1.54, 1.807) is 18.2 Å². The number of hydrogen-bond donors (Lipinski definition) is 1. The third-order valence-corrected chi connectivity index (χ3v) is 3.58. The van der Waals surface area contributed by atoms with Gasteiger partial charge in [-0.2, -0.15) is 0 Å². The molecule has 0 fully saturated rings. The Balaban J connectivity index is 1.82. The van der Waals surface area contributed by atoms with Gasteiger partial charge in [-0.25, -0.2) is 9.59 Å². The number of hydrogen-bond acceptors (Lipinski definition) is 5. The van der Waals surface area contributed by atoms with Gasteiger partial charge in [0.2, 0.25) is 0 Å². The molecule has 140 valence electrons. The van der Waals surface area contributed by atoms with E-state index >= 15 is 0 Å². The Morgan fingerprint density at radius 2 is 1.85 bits per heavy atom. The van der Waals surface area contributed by atoms with E-state index in [-0.39, 0.29) is 6.61 Å². The van der Waals surface area contributed by atoms with Crippen LogP contribution in [0.4, 0.5) is 4.79 Å². The number of rotatable bonds is 6. The molecule has 0 unspecified atom stereocenters. The first kappa shape index (κ1) is 19.9. The minimum absolute atomic E-state index is 0.218. The summed E-state index contributed by atoms with van der Waals surface area (Å²) in [5.41, 5.74) is 1.89. The highest BCUT2D eigenvalue weighted by molar-refractivity contribution is 5.90. The number of ether oxygens (including phenoxy) is 3. The zero-order chi connectivity index (χ0) is 19.5. The molecule has 0 aliphatic carbocycles. The molecular weight excluding hydrogens is 346 g/mol. The minimum atomic E-state index is -0.495. The molecule has 0 atom stereocenters. The van der Waals surface area contributed by atoms with Crippen LogP contribution in [0.3, 0.4) is 0 Å². The summed E-state index contributed by atoms with van der Waals surface area (Å²) in [7, 11) is 2.85. The van der Waals surface area contributed by atoms with Gasteiger partial charge in [-0.1, -0.05) is 42.2 Å². The van der Waals surface area contributed by atoms with Gasteiger partial charge in [0.15, 0.2) is 0 Å². The summed E-state index contributed by atoms with van der Waals surface area (Å²) in [6.07, 6.45) is -0.0719.